The molecule has 4 nitrogen and oxygen atoms in total. The predicted octanol–water partition coefficient (Wildman–Crippen LogP) is 3.25. The van der Waals surface area contributed by atoms with E-state index in [4.69, 9.17) is 21.7 Å². The van der Waals surface area contributed by atoms with Crippen LogP contribution in [0.2, 0.25) is 5.02 Å². The van der Waals surface area contributed by atoms with Gasteiger partial charge in [-0.1, -0.05) is 23.7 Å². The molecule has 0 radical (unpaired) electrons. The first kappa shape index (κ1) is 14.3. The van der Waals surface area contributed by atoms with Crippen LogP contribution >= 0.6 is 11.6 Å². The molecule has 0 aliphatic rings. The summed E-state index contributed by atoms with van der Waals surface area (Å²) in [4.78, 5) is 11.7. The van der Waals surface area contributed by atoms with Crippen LogP contribution in [0.15, 0.2) is 35.6 Å². The molecule has 0 aliphatic carbocycles. The van der Waals surface area contributed by atoms with Crippen LogP contribution in [0.3, 0.4) is 0 Å². The second-order valence-electron chi connectivity index (χ2n) is 3.79. The van der Waals surface area contributed by atoms with E-state index in [2.05, 4.69) is 0 Å². The number of rotatable bonds is 4. The van der Waals surface area contributed by atoms with Crippen LogP contribution in [0.5, 0.6) is 0 Å². The fraction of sp³-hybridized carbons (Fsp3) is 0.231. The van der Waals surface area contributed by atoms with Crippen molar-refractivity contribution in [3.8, 4) is 0 Å². The van der Waals surface area contributed by atoms with Crippen molar-refractivity contribution in [3.05, 3.63) is 46.2 Å². The lowest BCUT2D eigenvalue weighted by Gasteiger charge is -2.08. The highest BCUT2D eigenvalue weighted by Crippen LogP contribution is 2.12. The van der Waals surface area contributed by atoms with E-state index in [0.717, 1.165) is 5.56 Å². The predicted molar refractivity (Wildman–Crippen MR) is 70.0 cm³/mol. The zero-order chi connectivity index (χ0) is 13.7. The molecule has 0 unspecified atom stereocenters. The van der Waals surface area contributed by atoms with E-state index in [1.54, 1.807) is 24.3 Å². The molecule has 0 saturated carbocycles. The van der Waals surface area contributed by atoms with Crippen molar-refractivity contribution in [3.63, 3.8) is 0 Å². The van der Waals surface area contributed by atoms with E-state index in [1.165, 1.54) is 13.8 Å². The molecular weight excluding hydrogens is 254 g/mol. The summed E-state index contributed by atoms with van der Waals surface area (Å²) in [5, 5.41) is 17.3. The maximum Gasteiger partial charge on any atom is 0.343 e. The van der Waals surface area contributed by atoms with E-state index in [-0.39, 0.29) is 23.7 Å². The number of ether oxygens (including phenoxy) is 1. The van der Waals surface area contributed by atoms with Crippen LogP contribution in [0, 0.1) is 5.41 Å². The van der Waals surface area contributed by atoms with Crippen molar-refractivity contribution in [1.82, 2.24) is 0 Å². The van der Waals surface area contributed by atoms with Gasteiger partial charge in [-0.15, -0.1) is 0 Å². The molecular formula is C13H14ClNO3. The molecule has 0 amide bonds. The highest BCUT2D eigenvalue weighted by Gasteiger charge is 2.16. The molecule has 96 valence electrons. The number of aliphatic hydroxyl groups is 1. The van der Waals surface area contributed by atoms with E-state index >= 15 is 0 Å². The maximum absolute atomic E-state index is 11.7. The highest BCUT2D eigenvalue weighted by molar-refractivity contribution is 6.30. The van der Waals surface area contributed by atoms with Crippen molar-refractivity contribution < 1.29 is 14.6 Å². The summed E-state index contributed by atoms with van der Waals surface area (Å²) in [6.07, 6.45) is 0. The van der Waals surface area contributed by atoms with Gasteiger partial charge in [0, 0.05) is 10.7 Å². The van der Waals surface area contributed by atoms with Gasteiger partial charge in [0.2, 0.25) is 0 Å². The monoisotopic (exact) mass is 267 g/mol. The molecule has 5 heteroatoms. The minimum Gasteiger partial charge on any atom is -0.512 e. The third kappa shape index (κ3) is 3.89. The average Bonchev–Trinajstić information content (AvgIpc) is 2.27. The van der Waals surface area contributed by atoms with Crippen LogP contribution in [0.1, 0.15) is 19.4 Å². The highest BCUT2D eigenvalue weighted by atomic mass is 35.5. The fourth-order valence-electron chi connectivity index (χ4n) is 1.37. The molecule has 0 saturated heterocycles. The lowest BCUT2D eigenvalue weighted by Crippen LogP contribution is -2.15. The summed E-state index contributed by atoms with van der Waals surface area (Å²) < 4.78 is 5.01. The second kappa shape index (κ2) is 6.21. The second-order valence-corrected chi connectivity index (χ2v) is 4.22. The number of nitrogens with one attached hydrogen (secondary N) is 1. The molecule has 0 aliphatic heterocycles. The van der Waals surface area contributed by atoms with E-state index in [9.17, 15) is 9.90 Å². The van der Waals surface area contributed by atoms with Crippen molar-refractivity contribution >= 4 is 23.3 Å². The molecule has 0 atom stereocenters. The summed E-state index contributed by atoms with van der Waals surface area (Å²) in [5.41, 5.74) is 0.644. The van der Waals surface area contributed by atoms with Gasteiger partial charge in [-0.25, -0.2) is 4.79 Å². The van der Waals surface area contributed by atoms with E-state index in [0.29, 0.717) is 5.02 Å². The Kier molecular flexibility index (Phi) is 4.92. The molecule has 0 spiro atoms. The Balaban J connectivity index is 2.69. The van der Waals surface area contributed by atoms with Crippen molar-refractivity contribution in [2.75, 3.05) is 0 Å². The zero-order valence-corrected chi connectivity index (χ0v) is 10.9. The Hall–Kier alpha value is -1.81. The standard InChI is InChI=1S/C13H14ClNO3/c1-8(15)12(9(2)16)13(17)18-7-10-3-5-11(14)6-4-10/h3-6,15-16H,7H2,1-2H3. The van der Waals surface area contributed by atoms with E-state index in [1.807, 2.05) is 0 Å². The molecule has 0 fully saturated rings. The lowest BCUT2D eigenvalue weighted by molar-refractivity contribution is -0.139. The molecule has 1 rings (SSSR count). The molecule has 1 aromatic carbocycles. The Morgan fingerprint density at radius 3 is 2.33 bits per heavy atom. The Bertz CT molecular complexity index is 487. The van der Waals surface area contributed by atoms with Crippen LogP contribution in [0.4, 0.5) is 0 Å². The average molecular weight is 268 g/mol. The first-order valence-electron chi connectivity index (χ1n) is 5.28. The number of aliphatic hydroxyl groups excluding tert-OH is 1. The topological polar surface area (TPSA) is 70.4 Å². The summed E-state index contributed by atoms with van der Waals surface area (Å²) in [6.45, 7) is 2.83. The minimum absolute atomic E-state index is 0.0314. The Morgan fingerprint density at radius 1 is 1.33 bits per heavy atom. The minimum atomic E-state index is -0.711. The summed E-state index contributed by atoms with van der Waals surface area (Å²) >= 11 is 5.73. The zero-order valence-electron chi connectivity index (χ0n) is 10.2. The third-order valence-electron chi connectivity index (χ3n) is 2.22. The number of carbonyl (C=O) groups excluding carboxylic acids is 1. The van der Waals surface area contributed by atoms with Crippen molar-refractivity contribution in [2.45, 2.75) is 20.5 Å². The van der Waals surface area contributed by atoms with Gasteiger partial charge in [-0.05, 0) is 31.5 Å². The first-order valence-corrected chi connectivity index (χ1v) is 5.66. The Labute approximate surface area is 110 Å². The summed E-state index contributed by atoms with van der Waals surface area (Å²) in [7, 11) is 0. The van der Waals surface area contributed by atoms with Crippen LogP contribution in [-0.4, -0.2) is 16.8 Å². The number of hydrogen-bond acceptors (Lipinski definition) is 4. The van der Waals surface area contributed by atoms with Crippen molar-refractivity contribution in [2.24, 2.45) is 0 Å². The number of benzene rings is 1. The third-order valence-corrected chi connectivity index (χ3v) is 2.48. The van der Waals surface area contributed by atoms with Crippen molar-refractivity contribution in [1.29, 1.82) is 5.41 Å². The Morgan fingerprint density at radius 2 is 1.89 bits per heavy atom. The molecule has 0 aromatic heterocycles. The van der Waals surface area contributed by atoms with Crippen LogP contribution in [-0.2, 0) is 16.1 Å². The van der Waals surface area contributed by atoms with Gasteiger partial charge in [-0.3, -0.25) is 0 Å². The molecule has 0 heterocycles. The number of hydrogen-bond donors (Lipinski definition) is 2. The quantitative estimate of drug-likeness (QED) is 0.381. The smallest absolute Gasteiger partial charge is 0.343 e. The summed E-state index contributed by atoms with van der Waals surface area (Å²) in [6, 6.07) is 6.87. The van der Waals surface area contributed by atoms with Gasteiger partial charge < -0.3 is 15.3 Å². The van der Waals surface area contributed by atoms with Gasteiger partial charge in [-0.2, -0.15) is 0 Å². The largest absolute Gasteiger partial charge is 0.512 e. The van der Waals surface area contributed by atoms with Gasteiger partial charge in [0.25, 0.3) is 0 Å². The normalized spacial score (nSPS) is 11.7. The molecule has 18 heavy (non-hydrogen) atoms. The number of esters is 1. The van der Waals surface area contributed by atoms with Gasteiger partial charge in [0.15, 0.2) is 0 Å². The maximum atomic E-state index is 11.7. The number of halogens is 1. The fourth-order valence-corrected chi connectivity index (χ4v) is 1.50. The summed E-state index contributed by atoms with van der Waals surface area (Å²) in [5.74, 6) is -0.930. The van der Waals surface area contributed by atoms with Crippen LogP contribution in [0.25, 0.3) is 0 Å². The first-order chi connectivity index (χ1) is 8.41. The van der Waals surface area contributed by atoms with Crippen LogP contribution < -0.4 is 0 Å². The molecule has 0 bridgehead atoms. The van der Waals surface area contributed by atoms with E-state index < -0.39 is 5.97 Å². The molecule has 1 aromatic rings. The SMILES string of the molecule is CC(=N)C(C(=O)OCc1ccc(Cl)cc1)=C(C)O. The number of carbonyl (C=O) groups is 1. The van der Waals surface area contributed by atoms with Gasteiger partial charge >= 0.3 is 5.97 Å². The van der Waals surface area contributed by atoms with Gasteiger partial charge in [0.1, 0.15) is 17.9 Å². The lowest BCUT2D eigenvalue weighted by atomic mass is 10.1. The van der Waals surface area contributed by atoms with Gasteiger partial charge in [0.05, 0.1) is 0 Å². The number of allylic oxidation sites excluding steroid dienone is 1. The molecule has 2 N–H and O–H groups in total.